The molecule has 0 aliphatic carbocycles. The Morgan fingerprint density at radius 1 is 0.737 bits per heavy atom. The predicted octanol–water partition coefficient (Wildman–Crippen LogP) is 0.178. The Morgan fingerprint density at radius 2 is 1.11 bits per heavy atom. The highest BCUT2D eigenvalue weighted by Crippen LogP contribution is 2.17. The van der Waals surface area contributed by atoms with Gasteiger partial charge in [0.25, 0.3) is 17.9 Å². The minimum atomic E-state index is -3.88. The van der Waals surface area contributed by atoms with Crippen molar-refractivity contribution < 1.29 is 37.2 Å². The first-order valence-electron chi connectivity index (χ1n) is 5.39. The van der Waals surface area contributed by atoms with Gasteiger partial charge in [0.15, 0.2) is 0 Å². The van der Waals surface area contributed by atoms with E-state index in [1.54, 1.807) is 0 Å². The highest BCUT2D eigenvalue weighted by molar-refractivity contribution is 6.65. The number of hydrogen-bond donors (Lipinski definition) is 0. The topological polar surface area (TPSA) is 105 Å². The maximum Gasteiger partial charge on any atom is 0.708 e. The molecule has 108 valence electrons. The van der Waals surface area contributed by atoms with E-state index in [1.807, 2.05) is 0 Å². The summed E-state index contributed by atoms with van der Waals surface area (Å²) in [4.78, 5) is 43.8. The van der Waals surface area contributed by atoms with Crippen LogP contribution in [0.3, 0.4) is 0 Å². The number of hydrogen-bond acceptors (Lipinski definition) is 8. The third kappa shape index (κ3) is 7.92. The molecule has 0 saturated carbocycles. The van der Waals surface area contributed by atoms with E-state index in [2.05, 4.69) is 4.74 Å². The smallest absolute Gasteiger partial charge is 0.466 e. The second-order valence-electron chi connectivity index (χ2n) is 3.55. The Bertz CT molecular complexity index is 337. The summed E-state index contributed by atoms with van der Waals surface area (Å²) in [6, 6.07) is -0.189. The highest BCUT2D eigenvalue weighted by Gasteiger charge is 2.51. The van der Waals surface area contributed by atoms with Gasteiger partial charge < -0.3 is 18.0 Å². The molecule has 0 spiro atoms. The summed E-state index contributed by atoms with van der Waals surface area (Å²) in [5, 5.41) is 0. The summed E-state index contributed by atoms with van der Waals surface area (Å²) in [5.74, 6) is -2.86. The van der Waals surface area contributed by atoms with Crippen LogP contribution in [0.2, 0.25) is 6.04 Å². The fourth-order valence-corrected chi connectivity index (χ4v) is 3.29. The van der Waals surface area contributed by atoms with Crippen molar-refractivity contribution in [2.24, 2.45) is 0 Å². The van der Waals surface area contributed by atoms with E-state index < -0.39 is 32.7 Å². The van der Waals surface area contributed by atoms with Crippen molar-refractivity contribution in [2.45, 2.75) is 33.7 Å². The maximum atomic E-state index is 11.0. The Hall–Kier alpha value is -1.90. The normalized spacial score (nSPS) is 10.3. The predicted molar refractivity (Wildman–Crippen MR) is 62.5 cm³/mol. The van der Waals surface area contributed by atoms with Gasteiger partial charge in [-0.1, -0.05) is 0 Å². The zero-order chi connectivity index (χ0) is 15.1. The summed E-state index contributed by atoms with van der Waals surface area (Å²) in [6.07, 6.45) is 0. The Morgan fingerprint density at radius 3 is 1.37 bits per heavy atom. The third-order valence-electron chi connectivity index (χ3n) is 1.61. The second-order valence-corrected chi connectivity index (χ2v) is 6.03. The van der Waals surface area contributed by atoms with Crippen molar-refractivity contribution in [1.29, 1.82) is 0 Å². The van der Waals surface area contributed by atoms with E-state index >= 15 is 0 Å². The minimum Gasteiger partial charge on any atom is -0.466 e. The lowest BCUT2D eigenvalue weighted by Crippen LogP contribution is -2.50. The molecule has 0 bridgehead atoms. The van der Waals surface area contributed by atoms with E-state index in [-0.39, 0.29) is 12.7 Å². The molecule has 0 aliphatic heterocycles. The lowest BCUT2D eigenvalue weighted by Gasteiger charge is -2.25. The Balaban J connectivity index is 4.97. The SMILES string of the molecule is CC(=O)OCC[Si](OC(C)=O)(OC(C)=O)OC(C)=O. The minimum absolute atomic E-state index is 0.189. The van der Waals surface area contributed by atoms with Gasteiger partial charge in [-0.2, -0.15) is 0 Å². The molecule has 0 aromatic rings. The van der Waals surface area contributed by atoms with Crippen LogP contribution in [0.5, 0.6) is 0 Å². The van der Waals surface area contributed by atoms with E-state index in [0.717, 1.165) is 20.8 Å². The molecular weight excluding hydrogens is 276 g/mol. The van der Waals surface area contributed by atoms with Gasteiger partial charge >= 0.3 is 14.8 Å². The van der Waals surface area contributed by atoms with Gasteiger partial charge in [-0.25, -0.2) is 0 Å². The van der Waals surface area contributed by atoms with E-state index in [0.29, 0.717) is 0 Å². The van der Waals surface area contributed by atoms with Crippen molar-refractivity contribution in [3.8, 4) is 0 Å². The zero-order valence-electron chi connectivity index (χ0n) is 11.2. The van der Waals surface area contributed by atoms with E-state index in [1.165, 1.54) is 6.92 Å². The van der Waals surface area contributed by atoms with Crippen molar-refractivity contribution in [2.75, 3.05) is 6.61 Å². The molecule has 0 aromatic heterocycles. The molecule has 0 radical (unpaired) electrons. The zero-order valence-corrected chi connectivity index (χ0v) is 12.2. The molecule has 0 aromatic carbocycles. The van der Waals surface area contributed by atoms with Crippen LogP contribution < -0.4 is 0 Å². The molecule has 19 heavy (non-hydrogen) atoms. The number of esters is 1. The van der Waals surface area contributed by atoms with Crippen LogP contribution in [-0.4, -0.2) is 39.3 Å². The van der Waals surface area contributed by atoms with Crippen LogP contribution in [0.1, 0.15) is 27.7 Å². The molecule has 8 nitrogen and oxygen atoms in total. The summed E-state index contributed by atoms with van der Waals surface area (Å²) in [5.41, 5.74) is 0. The van der Waals surface area contributed by atoms with Crippen LogP contribution in [-0.2, 0) is 37.2 Å². The fourth-order valence-electron chi connectivity index (χ4n) is 1.19. The van der Waals surface area contributed by atoms with Gasteiger partial charge in [0, 0.05) is 27.7 Å². The molecule has 0 unspecified atom stereocenters. The number of carbonyl (C=O) groups is 4. The molecule has 0 saturated heterocycles. The second kappa shape index (κ2) is 7.51. The van der Waals surface area contributed by atoms with Gasteiger partial charge in [0.1, 0.15) is 0 Å². The van der Waals surface area contributed by atoms with Gasteiger partial charge in [-0.3, -0.25) is 19.2 Å². The van der Waals surface area contributed by atoms with Crippen molar-refractivity contribution >= 4 is 32.7 Å². The summed E-state index contributed by atoms with van der Waals surface area (Å²) in [6.45, 7) is 4.24. The van der Waals surface area contributed by atoms with Gasteiger partial charge in [0.2, 0.25) is 0 Å². The molecule has 0 aliphatic rings. The number of ether oxygens (including phenoxy) is 1. The average Bonchev–Trinajstić information content (AvgIpc) is 2.12. The van der Waals surface area contributed by atoms with Gasteiger partial charge in [-0.05, 0) is 0 Å². The molecule has 0 fully saturated rings. The molecule has 9 heteroatoms. The van der Waals surface area contributed by atoms with E-state index in [9.17, 15) is 19.2 Å². The highest BCUT2D eigenvalue weighted by atomic mass is 28.4. The van der Waals surface area contributed by atoms with E-state index in [4.69, 9.17) is 13.3 Å². The Labute approximate surface area is 111 Å². The van der Waals surface area contributed by atoms with Crippen molar-refractivity contribution in [3.05, 3.63) is 0 Å². The standard InChI is InChI=1S/C10H16O8Si/c1-7(11)15-5-6-19(16-8(2)12,17-9(3)13)18-10(4)14/h5-6H2,1-4H3. The van der Waals surface area contributed by atoms with Crippen LogP contribution >= 0.6 is 0 Å². The van der Waals surface area contributed by atoms with Gasteiger partial charge in [-0.15, -0.1) is 0 Å². The molecular formula is C10H16O8Si. The molecule has 0 heterocycles. The first-order chi connectivity index (χ1) is 8.67. The van der Waals surface area contributed by atoms with Crippen LogP contribution in [0.4, 0.5) is 0 Å². The third-order valence-corrected chi connectivity index (χ3v) is 4.22. The molecule has 0 N–H and O–H groups in total. The Kier molecular flexibility index (Phi) is 6.76. The summed E-state index contributed by atoms with van der Waals surface area (Å²) in [7, 11) is -3.88. The molecule has 0 atom stereocenters. The van der Waals surface area contributed by atoms with Gasteiger partial charge in [0.05, 0.1) is 12.7 Å². The average molecular weight is 292 g/mol. The largest absolute Gasteiger partial charge is 0.708 e. The fraction of sp³-hybridized carbons (Fsp3) is 0.600. The first-order valence-corrected chi connectivity index (χ1v) is 7.32. The van der Waals surface area contributed by atoms with Crippen LogP contribution in [0.25, 0.3) is 0 Å². The molecule has 0 amide bonds. The summed E-state index contributed by atoms with van der Waals surface area (Å²) >= 11 is 0. The van der Waals surface area contributed by atoms with Crippen molar-refractivity contribution in [3.63, 3.8) is 0 Å². The molecule has 0 rings (SSSR count). The van der Waals surface area contributed by atoms with Crippen LogP contribution in [0, 0.1) is 0 Å². The lowest BCUT2D eigenvalue weighted by molar-refractivity contribution is -0.147. The van der Waals surface area contributed by atoms with Crippen molar-refractivity contribution in [1.82, 2.24) is 0 Å². The lowest BCUT2D eigenvalue weighted by atomic mass is 10.8. The summed E-state index contributed by atoms with van der Waals surface area (Å²) < 4.78 is 19.3. The maximum absolute atomic E-state index is 11.0. The number of carbonyl (C=O) groups excluding carboxylic acids is 4. The monoisotopic (exact) mass is 292 g/mol. The quantitative estimate of drug-likeness (QED) is 0.504. The first kappa shape index (κ1) is 17.1. The van der Waals surface area contributed by atoms with Crippen LogP contribution in [0.15, 0.2) is 0 Å². The number of rotatable bonds is 6.